The second-order valence-corrected chi connectivity index (χ2v) is 8.33. The van der Waals surface area contributed by atoms with Gasteiger partial charge in [0.25, 0.3) is 5.91 Å². The van der Waals surface area contributed by atoms with Crippen LogP contribution in [0.1, 0.15) is 30.1 Å². The number of nitrogens with zero attached hydrogens (tertiary/aromatic N) is 2. The van der Waals surface area contributed by atoms with E-state index < -0.39 is 0 Å². The minimum absolute atomic E-state index is 0.0647. The Hall–Kier alpha value is -2.12. The van der Waals surface area contributed by atoms with Gasteiger partial charge in [-0.15, -0.1) is 0 Å². The largest absolute Gasteiger partial charge is 0.378 e. The summed E-state index contributed by atoms with van der Waals surface area (Å²) in [5.74, 6) is 0.0207. The van der Waals surface area contributed by atoms with Crippen molar-refractivity contribution in [3.05, 3.63) is 35.9 Å². The molecular weight excluding hydrogens is 362 g/mol. The number of benzene rings is 1. The predicted molar refractivity (Wildman–Crippen MR) is 105 cm³/mol. The van der Waals surface area contributed by atoms with E-state index in [0.29, 0.717) is 42.9 Å². The number of amides is 2. The summed E-state index contributed by atoms with van der Waals surface area (Å²) in [6.07, 6.45) is 2.09. The average Bonchev–Trinajstić information content (AvgIpc) is 3.51. The van der Waals surface area contributed by atoms with Crippen molar-refractivity contribution in [2.75, 3.05) is 26.3 Å². The number of aromatic nitrogens is 1. The van der Waals surface area contributed by atoms with Crippen LogP contribution in [0.2, 0.25) is 0 Å². The van der Waals surface area contributed by atoms with Crippen LogP contribution in [-0.2, 0) is 9.53 Å². The highest BCUT2D eigenvalue weighted by atomic mass is 32.2. The Morgan fingerprint density at radius 1 is 1.26 bits per heavy atom. The third-order valence-corrected chi connectivity index (χ3v) is 5.82. The predicted octanol–water partition coefficient (Wildman–Crippen LogP) is 2.47. The van der Waals surface area contributed by atoms with E-state index in [0.717, 1.165) is 23.7 Å². The van der Waals surface area contributed by atoms with Crippen molar-refractivity contribution in [2.24, 2.45) is 0 Å². The zero-order valence-electron chi connectivity index (χ0n) is 15.3. The molecule has 1 saturated carbocycles. The van der Waals surface area contributed by atoms with E-state index in [4.69, 9.17) is 4.74 Å². The molecule has 1 aliphatic carbocycles. The Labute approximate surface area is 162 Å². The number of para-hydroxylation sites is 1. The summed E-state index contributed by atoms with van der Waals surface area (Å²) in [5.41, 5.74) is 1.40. The van der Waals surface area contributed by atoms with Gasteiger partial charge in [-0.05, 0) is 31.9 Å². The van der Waals surface area contributed by atoms with Gasteiger partial charge in [-0.1, -0.05) is 30.0 Å². The van der Waals surface area contributed by atoms with Crippen LogP contribution in [0.15, 0.2) is 35.4 Å². The topological polar surface area (TPSA) is 71.5 Å². The van der Waals surface area contributed by atoms with Crippen molar-refractivity contribution in [3.63, 3.8) is 0 Å². The molecule has 6 nitrogen and oxygen atoms in total. The molecule has 4 rings (SSSR count). The molecule has 1 aromatic heterocycles. The van der Waals surface area contributed by atoms with Crippen molar-refractivity contribution in [1.29, 1.82) is 0 Å². The van der Waals surface area contributed by atoms with Gasteiger partial charge >= 0.3 is 0 Å². The van der Waals surface area contributed by atoms with Crippen LogP contribution in [0, 0.1) is 0 Å². The van der Waals surface area contributed by atoms with Gasteiger partial charge in [0.2, 0.25) is 5.91 Å². The Balaban J connectivity index is 1.57. The number of pyridine rings is 1. The van der Waals surface area contributed by atoms with Gasteiger partial charge in [-0.2, -0.15) is 0 Å². The maximum Gasteiger partial charge on any atom is 0.252 e. The van der Waals surface area contributed by atoms with E-state index in [1.54, 1.807) is 0 Å². The Morgan fingerprint density at radius 2 is 2.00 bits per heavy atom. The summed E-state index contributed by atoms with van der Waals surface area (Å²) in [4.78, 5) is 31.9. The lowest BCUT2D eigenvalue weighted by Gasteiger charge is -2.29. The molecule has 1 aromatic carbocycles. The molecule has 2 heterocycles. The normalized spacial score (nSPS) is 18.3. The maximum absolute atomic E-state index is 12.7. The quantitative estimate of drug-likeness (QED) is 0.801. The smallest absolute Gasteiger partial charge is 0.252 e. The van der Waals surface area contributed by atoms with Crippen LogP contribution in [-0.4, -0.2) is 59.3 Å². The van der Waals surface area contributed by atoms with Crippen molar-refractivity contribution in [1.82, 2.24) is 15.2 Å². The van der Waals surface area contributed by atoms with Crippen LogP contribution in [0.3, 0.4) is 0 Å². The lowest BCUT2D eigenvalue weighted by molar-refractivity contribution is -0.134. The fourth-order valence-corrected chi connectivity index (χ4v) is 4.11. The van der Waals surface area contributed by atoms with Crippen molar-refractivity contribution >= 4 is 34.5 Å². The van der Waals surface area contributed by atoms with Gasteiger partial charge in [-0.3, -0.25) is 9.59 Å². The number of rotatable bonds is 5. The standard InChI is InChI=1S/C20H23N3O3S/c1-13(20(25)23-8-10-26-11-9-23)27-18-12-16(19(24)21-14-6-7-14)15-4-2-3-5-17(15)22-18/h2-5,12-14H,6-11H2,1H3,(H,21,24)/t13-/m0/s1. The first-order valence-electron chi connectivity index (χ1n) is 9.35. The van der Waals surface area contributed by atoms with Crippen molar-refractivity contribution in [2.45, 2.75) is 36.1 Å². The molecular formula is C20H23N3O3S. The lowest BCUT2D eigenvalue weighted by Crippen LogP contribution is -2.44. The fraction of sp³-hybridized carbons (Fsp3) is 0.450. The number of thioether (sulfide) groups is 1. The first-order chi connectivity index (χ1) is 13.1. The highest BCUT2D eigenvalue weighted by Gasteiger charge is 2.26. The minimum Gasteiger partial charge on any atom is -0.378 e. The third-order valence-electron chi connectivity index (χ3n) is 4.82. The van der Waals surface area contributed by atoms with E-state index in [9.17, 15) is 9.59 Å². The Bertz CT molecular complexity index is 863. The number of hydrogen-bond donors (Lipinski definition) is 1. The summed E-state index contributed by atoms with van der Waals surface area (Å²) >= 11 is 1.40. The van der Waals surface area contributed by atoms with Crippen LogP contribution in [0.25, 0.3) is 10.9 Å². The minimum atomic E-state index is -0.267. The molecule has 1 saturated heterocycles. The molecule has 1 atom stereocenters. The van der Waals surface area contributed by atoms with Crippen LogP contribution < -0.4 is 5.32 Å². The highest BCUT2D eigenvalue weighted by Crippen LogP contribution is 2.29. The molecule has 0 radical (unpaired) electrons. The van der Waals surface area contributed by atoms with Gasteiger partial charge in [0.05, 0.1) is 34.6 Å². The van der Waals surface area contributed by atoms with E-state index in [1.807, 2.05) is 42.2 Å². The number of carbonyl (C=O) groups excluding carboxylic acids is 2. The molecule has 1 N–H and O–H groups in total. The molecule has 27 heavy (non-hydrogen) atoms. The van der Waals surface area contributed by atoms with E-state index in [2.05, 4.69) is 10.3 Å². The number of carbonyl (C=O) groups is 2. The van der Waals surface area contributed by atoms with Gasteiger partial charge in [0.1, 0.15) is 0 Å². The number of ether oxygens (including phenoxy) is 1. The van der Waals surface area contributed by atoms with Crippen LogP contribution >= 0.6 is 11.8 Å². The molecule has 1 aliphatic heterocycles. The zero-order chi connectivity index (χ0) is 18.8. The molecule has 2 amide bonds. The summed E-state index contributed by atoms with van der Waals surface area (Å²) in [6, 6.07) is 9.75. The molecule has 0 spiro atoms. The lowest BCUT2D eigenvalue weighted by atomic mass is 10.1. The first kappa shape index (κ1) is 18.3. The Morgan fingerprint density at radius 3 is 2.74 bits per heavy atom. The number of fused-ring (bicyclic) bond motifs is 1. The molecule has 0 unspecified atom stereocenters. The summed E-state index contributed by atoms with van der Waals surface area (Å²) in [7, 11) is 0. The van der Waals surface area contributed by atoms with Gasteiger partial charge in [0, 0.05) is 24.5 Å². The molecule has 0 bridgehead atoms. The van der Waals surface area contributed by atoms with Crippen LogP contribution in [0.5, 0.6) is 0 Å². The molecule has 2 aromatic rings. The average molecular weight is 385 g/mol. The second kappa shape index (κ2) is 7.86. The van der Waals surface area contributed by atoms with E-state index in [-0.39, 0.29) is 17.1 Å². The SMILES string of the molecule is C[C@H](Sc1cc(C(=O)NC2CC2)c2ccccc2n1)C(=O)N1CCOCC1. The first-order valence-corrected chi connectivity index (χ1v) is 10.2. The van der Waals surface area contributed by atoms with Crippen molar-refractivity contribution < 1.29 is 14.3 Å². The van der Waals surface area contributed by atoms with Gasteiger partial charge in [-0.25, -0.2) is 4.98 Å². The maximum atomic E-state index is 12.7. The zero-order valence-corrected chi connectivity index (χ0v) is 16.1. The monoisotopic (exact) mass is 385 g/mol. The number of hydrogen-bond acceptors (Lipinski definition) is 5. The number of nitrogens with one attached hydrogen (secondary N) is 1. The number of morpholine rings is 1. The summed E-state index contributed by atoms with van der Waals surface area (Å²) in [5, 5.41) is 4.32. The van der Waals surface area contributed by atoms with E-state index >= 15 is 0 Å². The highest BCUT2D eigenvalue weighted by molar-refractivity contribution is 8.00. The van der Waals surface area contributed by atoms with Gasteiger partial charge < -0.3 is 15.0 Å². The van der Waals surface area contributed by atoms with E-state index in [1.165, 1.54) is 11.8 Å². The fourth-order valence-electron chi connectivity index (χ4n) is 3.16. The van der Waals surface area contributed by atoms with Crippen molar-refractivity contribution in [3.8, 4) is 0 Å². The molecule has 2 fully saturated rings. The second-order valence-electron chi connectivity index (χ2n) is 6.97. The van der Waals surface area contributed by atoms with Crippen LogP contribution in [0.4, 0.5) is 0 Å². The molecule has 7 heteroatoms. The molecule has 142 valence electrons. The summed E-state index contributed by atoms with van der Waals surface area (Å²) < 4.78 is 5.32. The third kappa shape index (κ3) is 4.25. The Kier molecular flexibility index (Phi) is 5.31. The summed E-state index contributed by atoms with van der Waals surface area (Å²) in [6.45, 7) is 4.32. The van der Waals surface area contributed by atoms with Gasteiger partial charge in [0.15, 0.2) is 0 Å². The molecule has 2 aliphatic rings.